The Morgan fingerprint density at radius 2 is 2.12 bits per heavy atom. The molecule has 1 aromatic carbocycles. The van der Waals surface area contributed by atoms with Crippen LogP contribution in [-0.4, -0.2) is 24.8 Å². The second-order valence-corrected chi connectivity index (χ2v) is 3.78. The molecule has 3 nitrogen and oxygen atoms in total. The van der Waals surface area contributed by atoms with Crippen molar-refractivity contribution in [2.75, 3.05) is 13.7 Å². The third-order valence-corrected chi connectivity index (χ3v) is 2.54. The Bertz CT molecular complexity index is 357. The minimum atomic E-state index is -0.267. The van der Waals surface area contributed by atoms with Gasteiger partial charge in [-0.05, 0) is 18.4 Å². The summed E-state index contributed by atoms with van der Waals surface area (Å²) in [4.78, 5) is 11.4. The van der Waals surface area contributed by atoms with Crippen LogP contribution in [0, 0.1) is 5.92 Å². The van der Waals surface area contributed by atoms with Crippen LogP contribution in [0.4, 0.5) is 0 Å². The van der Waals surface area contributed by atoms with E-state index in [0.717, 1.165) is 5.56 Å². The number of carbonyl (C=O) groups excluding carboxylic acids is 1. The van der Waals surface area contributed by atoms with Crippen molar-refractivity contribution >= 4 is 12.0 Å². The van der Waals surface area contributed by atoms with Crippen molar-refractivity contribution in [2.24, 2.45) is 5.92 Å². The molecule has 0 aliphatic rings. The normalized spacial score (nSPS) is 12.6. The molecule has 0 radical (unpaired) electrons. The molecule has 1 N–H and O–H groups in total. The number of ether oxygens (including phenoxy) is 1. The van der Waals surface area contributed by atoms with E-state index in [1.54, 1.807) is 0 Å². The van der Waals surface area contributed by atoms with Gasteiger partial charge in [0.2, 0.25) is 0 Å². The molecule has 0 spiro atoms. The molecule has 0 aromatic heterocycles. The number of aliphatic hydroxyl groups is 1. The van der Waals surface area contributed by atoms with Crippen molar-refractivity contribution in [2.45, 2.75) is 12.8 Å². The Hall–Kier alpha value is -1.61. The highest BCUT2D eigenvalue weighted by atomic mass is 16.5. The van der Waals surface area contributed by atoms with E-state index in [1.165, 1.54) is 7.11 Å². The molecule has 1 aromatic rings. The van der Waals surface area contributed by atoms with E-state index in [1.807, 2.05) is 42.5 Å². The monoisotopic (exact) mass is 234 g/mol. The lowest BCUT2D eigenvalue weighted by molar-refractivity contribution is -0.145. The highest BCUT2D eigenvalue weighted by Gasteiger charge is 2.16. The molecule has 0 fully saturated rings. The van der Waals surface area contributed by atoms with Gasteiger partial charge in [0, 0.05) is 6.61 Å². The van der Waals surface area contributed by atoms with Gasteiger partial charge in [0.25, 0.3) is 0 Å². The van der Waals surface area contributed by atoms with Crippen LogP contribution in [0.3, 0.4) is 0 Å². The third kappa shape index (κ3) is 4.83. The number of methoxy groups -OCH3 is 1. The summed E-state index contributed by atoms with van der Waals surface area (Å²) >= 11 is 0. The highest BCUT2D eigenvalue weighted by molar-refractivity contribution is 5.72. The number of benzene rings is 1. The van der Waals surface area contributed by atoms with Gasteiger partial charge < -0.3 is 9.84 Å². The van der Waals surface area contributed by atoms with Crippen LogP contribution in [0.1, 0.15) is 18.4 Å². The zero-order valence-electron chi connectivity index (χ0n) is 10.0. The maximum atomic E-state index is 11.4. The fraction of sp³-hybridized carbons (Fsp3) is 0.357. The summed E-state index contributed by atoms with van der Waals surface area (Å²) in [6, 6.07) is 9.88. The second kappa shape index (κ2) is 7.63. The predicted octanol–water partition coefficient (Wildman–Crippen LogP) is 2.26. The van der Waals surface area contributed by atoms with Crippen LogP contribution in [0.5, 0.6) is 0 Å². The highest BCUT2D eigenvalue weighted by Crippen LogP contribution is 2.12. The van der Waals surface area contributed by atoms with Crippen molar-refractivity contribution in [3.05, 3.63) is 42.0 Å². The summed E-state index contributed by atoms with van der Waals surface area (Å²) in [5.74, 6) is -0.526. The van der Waals surface area contributed by atoms with Gasteiger partial charge in [0.1, 0.15) is 0 Å². The van der Waals surface area contributed by atoms with Gasteiger partial charge >= 0.3 is 5.97 Å². The first kappa shape index (κ1) is 13.5. The minimum absolute atomic E-state index is 0.00105. The molecule has 1 unspecified atom stereocenters. The molecule has 92 valence electrons. The lowest BCUT2D eigenvalue weighted by Crippen LogP contribution is -2.16. The molecule has 3 heteroatoms. The van der Waals surface area contributed by atoms with Gasteiger partial charge in [-0.1, -0.05) is 42.5 Å². The quantitative estimate of drug-likeness (QED) is 0.768. The average molecular weight is 234 g/mol. The van der Waals surface area contributed by atoms with Crippen molar-refractivity contribution in [3.8, 4) is 0 Å². The smallest absolute Gasteiger partial charge is 0.309 e. The van der Waals surface area contributed by atoms with Crippen LogP contribution in [-0.2, 0) is 9.53 Å². The molecule has 0 aliphatic heterocycles. The van der Waals surface area contributed by atoms with Crippen molar-refractivity contribution < 1.29 is 14.6 Å². The zero-order chi connectivity index (χ0) is 12.5. The average Bonchev–Trinajstić information content (AvgIpc) is 2.38. The lowest BCUT2D eigenvalue weighted by Gasteiger charge is -2.10. The molecule has 1 atom stereocenters. The zero-order valence-corrected chi connectivity index (χ0v) is 10.0. The number of esters is 1. The molecule has 0 amide bonds. The van der Waals surface area contributed by atoms with Crippen LogP contribution < -0.4 is 0 Å². The molecular weight excluding hydrogens is 216 g/mol. The number of carbonyl (C=O) groups is 1. The van der Waals surface area contributed by atoms with Gasteiger partial charge in [-0.15, -0.1) is 0 Å². The van der Waals surface area contributed by atoms with Gasteiger partial charge in [0.15, 0.2) is 0 Å². The molecule has 0 aliphatic carbocycles. The molecular formula is C14H18O3. The molecule has 0 bridgehead atoms. The molecule has 1 rings (SSSR count). The molecule has 0 saturated heterocycles. The Morgan fingerprint density at radius 3 is 2.71 bits per heavy atom. The van der Waals surface area contributed by atoms with E-state index in [9.17, 15) is 4.79 Å². The summed E-state index contributed by atoms with van der Waals surface area (Å²) in [7, 11) is 1.37. The van der Waals surface area contributed by atoms with Crippen LogP contribution in [0.25, 0.3) is 6.08 Å². The van der Waals surface area contributed by atoms with E-state index in [0.29, 0.717) is 12.8 Å². The number of hydrogen-bond acceptors (Lipinski definition) is 3. The molecule has 17 heavy (non-hydrogen) atoms. The SMILES string of the molecule is COC(=O)C(CC=Cc1ccccc1)CCO. The van der Waals surface area contributed by atoms with E-state index >= 15 is 0 Å². The van der Waals surface area contributed by atoms with Crippen LogP contribution in [0.2, 0.25) is 0 Å². The first-order valence-corrected chi connectivity index (χ1v) is 5.68. The number of aliphatic hydroxyl groups excluding tert-OH is 1. The maximum absolute atomic E-state index is 11.4. The first-order valence-electron chi connectivity index (χ1n) is 5.68. The maximum Gasteiger partial charge on any atom is 0.309 e. The number of rotatable bonds is 6. The van der Waals surface area contributed by atoms with Gasteiger partial charge in [-0.3, -0.25) is 4.79 Å². The van der Waals surface area contributed by atoms with Crippen molar-refractivity contribution in [1.82, 2.24) is 0 Å². The number of hydrogen-bond donors (Lipinski definition) is 1. The van der Waals surface area contributed by atoms with E-state index in [4.69, 9.17) is 5.11 Å². The van der Waals surface area contributed by atoms with Crippen LogP contribution in [0.15, 0.2) is 36.4 Å². The fourth-order valence-corrected chi connectivity index (χ4v) is 1.59. The largest absolute Gasteiger partial charge is 0.469 e. The number of allylic oxidation sites excluding steroid dienone is 1. The van der Waals surface area contributed by atoms with Gasteiger partial charge in [-0.2, -0.15) is 0 Å². The predicted molar refractivity (Wildman–Crippen MR) is 67.3 cm³/mol. The first-order chi connectivity index (χ1) is 8.27. The Kier molecular flexibility index (Phi) is 6.04. The topological polar surface area (TPSA) is 46.5 Å². The third-order valence-electron chi connectivity index (χ3n) is 2.54. The fourth-order valence-electron chi connectivity index (χ4n) is 1.59. The Morgan fingerprint density at radius 1 is 1.41 bits per heavy atom. The summed E-state index contributed by atoms with van der Waals surface area (Å²) in [6.45, 7) is -0.00105. The lowest BCUT2D eigenvalue weighted by atomic mass is 10.0. The van der Waals surface area contributed by atoms with Gasteiger partial charge in [-0.25, -0.2) is 0 Å². The summed E-state index contributed by atoms with van der Waals surface area (Å²) in [6.07, 6.45) is 4.92. The van der Waals surface area contributed by atoms with Crippen LogP contribution >= 0.6 is 0 Å². The van der Waals surface area contributed by atoms with E-state index in [2.05, 4.69) is 4.74 Å². The summed E-state index contributed by atoms with van der Waals surface area (Å²) < 4.78 is 4.68. The molecule has 0 saturated carbocycles. The summed E-state index contributed by atoms with van der Waals surface area (Å²) in [5.41, 5.74) is 1.10. The molecule has 0 heterocycles. The van der Waals surface area contributed by atoms with Crippen molar-refractivity contribution in [1.29, 1.82) is 0 Å². The Balaban J connectivity index is 2.51. The van der Waals surface area contributed by atoms with E-state index in [-0.39, 0.29) is 18.5 Å². The minimum Gasteiger partial charge on any atom is -0.469 e. The summed E-state index contributed by atoms with van der Waals surface area (Å²) in [5, 5.41) is 8.87. The second-order valence-electron chi connectivity index (χ2n) is 3.78. The Labute approximate surface area is 102 Å². The van der Waals surface area contributed by atoms with Crippen molar-refractivity contribution in [3.63, 3.8) is 0 Å². The van der Waals surface area contributed by atoms with Gasteiger partial charge in [0.05, 0.1) is 13.0 Å². The standard InChI is InChI=1S/C14H18O3/c1-17-14(16)13(10-11-15)9-5-8-12-6-3-2-4-7-12/h2-8,13,15H,9-11H2,1H3. The van der Waals surface area contributed by atoms with E-state index < -0.39 is 0 Å².